The van der Waals surface area contributed by atoms with E-state index in [0.29, 0.717) is 19.4 Å². The lowest BCUT2D eigenvalue weighted by atomic mass is 9.94. The number of hydrogen-bond acceptors (Lipinski definition) is 7. The van der Waals surface area contributed by atoms with Gasteiger partial charge in [-0.3, -0.25) is 9.59 Å². The van der Waals surface area contributed by atoms with E-state index in [1.165, 1.54) is 96.3 Å². The number of unbranched alkanes of at least 4 members (excludes halogenated alkanes) is 19. The lowest BCUT2D eigenvalue weighted by Crippen LogP contribution is -2.69. The summed E-state index contributed by atoms with van der Waals surface area (Å²) in [5.74, 6) is -0.348. The number of amides is 2. The summed E-state index contributed by atoms with van der Waals surface area (Å²) in [6.45, 7) is 8.34. The third-order valence-electron chi connectivity index (χ3n) is 9.65. The fourth-order valence-electron chi connectivity index (χ4n) is 6.65. The van der Waals surface area contributed by atoms with Gasteiger partial charge in [-0.2, -0.15) is 0 Å². The second-order valence-corrected chi connectivity index (χ2v) is 14.6. The predicted octanol–water partition coefficient (Wildman–Crippen LogP) is 6.73. The number of aliphatic hydroxyl groups excluding tert-OH is 3. The molecule has 9 heteroatoms. The topological polar surface area (TPSA) is 145 Å². The summed E-state index contributed by atoms with van der Waals surface area (Å²) in [7, 11) is 0. The van der Waals surface area contributed by atoms with Crippen molar-refractivity contribution in [3.05, 3.63) is 0 Å². The first-order valence-electron chi connectivity index (χ1n) is 19.7. The maximum Gasteiger partial charge on any atom is 0.237 e. The van der Waals surface area contributed by atoms with Crippen molar-refractivity contribution in [3.8, 4) is 0 Å². The van der Waals surface area contributed by atoms with Crippen molar-refractivity contribution >= 4 is 11.8 Å². The van der Waals surface area contributed by atoms with Gasteiger partial charge in [-0.05, 0) is 25.2 Å². The van der Waals surface area contributed by atoms with Crippen molar-refractivity contribution < 1.29 is 29.6 Å². The largest absolute Gasteiger partial charge is 0.394 e. The summed E-state index contributed by atoms with van der Waals surface area (Å²) < 4.78 is 6.11. The third kappa shape index (κ3) is 18.9. The maximum absolute atomic E-state index is 13.8. The Morgan fingerprint density at radius 1 is 0.723 bits per heavy atom. The number of rotatable bonds is 29. The molecule has 0 aromatic carbocycles. The molecule has 1 aliphatic rings. The van der Waals surface area contributed by atoms with Crippen molar-refractivity contribution in [1.29, 1.82) is 0 Å². The zero-order chi connectivity index (χ0) is 34.9. The first kappa shape index (κ1) is 43.8. The molecule has 0 spiro atoms. The molecule has 1 fully saturated rings. The Morgan fingerprint density at radius 3 is 1.62 bits per heavy atom. The second-order valence-electron chi connectivity index (χ2n) is 14.6. The van der Waals surface area contributed by atoms with Gasteiger partial charge < -0.3 is 36.0 Å². The van der Waals surface area contributed by atoms with Crippen molar-refractivity contribution in [2.45, 2.75) is 212 Å². The molecule has 0 bridgehead atoms. The standard InChI is InChI=1S/C38H75N3O6/c1-5-7-9-11-13-15-17-18-20-22-24-26-33(43)41(27-25-23-21-19-16-14-12-10-8-6-2)38-34(36(45)35(44)32(29-42)47-38)40-37(46)31(39)28-30(3)4/h30-32,34-36,38,42,44-45H,5-29,39H2,1-4H3,(H,40,46)/t31-,32+,34+,35+,36+,38+/m0/s1. The molecule has 2 amide bonds. The Bertz CT molecular complexity index is 785. The van der Waals surface area contributed by atoms with Crippen LogP contribution in [0.3, 0.4) is 0 Å². The smallest absolute Gasteiger partial charge is 0.237 e. The first-order chi connectivity index (χ1) is 22.7. The Morgan fingerprint density at radius 2 is 1.17 bits per heavy atom. The number of ether oxygens (including phenoxy) is 1. The van der Waals surface area contributed by atoms with Crippen molar-refractivity contribution in [3.63, 3.8) is 0 Å². The van der Waals surface area contributed by atoms with Crippen molar-refractivity contribution in [2.75, 3.05) is 13.2 Å². The average molecular weight is 670 g/mol. The van der Waals surface area contributed by atoms with E-state index in [4.69, 9.17) is 10.5 Å². The van der Waals surface area contributed by atoms with E-state index in [-0.39, 0.29) is 11.8 Å². The summed E-state index contributed by atoms with van der Waals surface area (Å²) >= 11 is 0. The monoisotopic (exact) mass is 670 g/mol. The number of aliphatic hydroxyl groups is 3. The van der Waals surface area contributed by atoms with Gasteiger partial charge >= 0.3 is 0 Å². The van der Waals surface area contributed by atoms with Crippen LogP contribution in [0.2, 0.25) is 0 Å². The van der Waals surface area contributed by atoms with Crippen LogP contribution < -0.4 is 11.1 Å². The van der Waals surface area contributed by atoms with Crippen LogP contribution in [0.5, 0.6) is 0 Å². The molecule has 1 aliphatic heterocycles. The van der Waals surface area contributed by atoms with Crippen LogP contribution >= 0.6 is 0 Å². The van der Waals surface area contributed by atoms with Gasteiger partial charge in [0.25, 0.3) is 0 Å². The first-order valence-corrected chi connectivity index (χ1v) is 19.7. The van der Waals surface area contributed by atoms with Gasteiger partial charge in [0.2, 0.25) is 11.8 Å². The van der Waals surface area contributed by atoms with Gasteiger partial charge in [-0.25, -0.2) is 0 Å². The summed E-state index contributed by atoms with van der Waals surface area (Å²) in [6.07, 6.45) is 20.7. The van der Waals surface area contributed by atoms with Crippen LogP contribution in [0.15, 0.2) is 0 Å². The fraction of sp³-hybridized carbons (Fsp3) is 0.947. The molecular formula is C38H75N3O6. The summed E-state index contributed by atoms with van der Waals surface area (Å²) in [5, 5.41) is 34.6. The summed E-state index contributed by atoms with van der Waals surface area (Å²) in [6, 6.07) is -1.86. The molecule has 278 valence electrons. The molecule has 1 rings (SSSR count). The van der Waals surface area contributed by atoms with Crippen LogP contribution in [0.4, 0.5) is 0 Å². The molecule has 9 nitrogen and oxygen atoms in total. The second kappa shape index (κ2) is 27.5. The fourth-order valence-corrected chi connectivity index (χ4v) is 6.65. The van der Waals surface area contributed by atoms with Crippen LogP contribution in [0.1, 0.15) is 175 Å². The van der Waals surface area contributed by atoms with Crippen LogP contribution in [-0.2, 0) is 14.3 Å². The Balaban J connectivity index is 2.84. The van der Waals surface area contributed by atoms with Gasteiger partial charge in [-0.1, -0.05) is 150 Å². The number of hydrogen-bond donors (Lipinski definition) is 5. The molecule has 1 heterocycles. The Labute approximate surface area is 288 Å². The quantitative estimate of drug-likeness (QED) is 0.0555. The number of carbonyl (C=O) groups is 2. The molecule has 6 N–H and O–H groups in total. The highest BCUT2D eigenvalue weighted by Gasteiger charge is 2.48. The maximum atomic E-state index is 13.8. The van der Waals surface area contributed by atoms with E-state index >= 15 is 0 Å². The molecule has 1 saturated heterocycles. The molecule has 0 radical (unpaired) electrons. The number of nitrogens with one attached hydrogen (secondary N) is 1. The van der Waals surface area contributed by atoms with Crippen LogP contribution in [-0.4, -0.2) is 81.8 Å². The van der Waals surface area contributed by atoms with Gasteiger partial charge in [0.1, 0.15) is 24.4 Å². The molecule has 0 aromatic rings. The average Bonchev–Trinajstić information content (AvgIpc) is 3.04. The van der Waals surface area contributed by atoms with Crippen LogP contribution in [0.25, 0.3) is 0 Å². The minimum Gasteiger partial charge on any atom is -0.394 e. The highest BCUT2D eigenvalue weighted by molar-refractivity contribution is 5.82. The summed E-state index contributed by atoms with van der Waals surface area (Å²) in [4.78, 5) is 28.5. The molecule has 0 aromatic heterocycles. The molecule has 0 saturated carbocycles. The van der Waals surface area contributed by atoms with Gasteiger partial charge in [-0.15, -0.1) is 0 Å². The molecule has 47 heavy (non-hydrogen) atoms. The SMILES string of the molecule is CCCCCCCCCCCCCC(=O)N(CCCCCCCCCCCC)[C@@H]1O[C@H](CO)[C@@H](O)[C@H](O)[C@H]1NC(=O)[C@@H](N)CC(C)C. The van der Waals surface area contributed by atoms with E-state index in [0.717, 1.165) is 38.5 Å². The Kier molecular flexibility index (Phi) is 25.7. The van der Waals surface area contributed by atoms with E-state index < -0.39 is 49.1 Å². The van der Waals surface area contributed by atoms with E-state index in [1.54, 1.807) is 4.90 Å². The lowest BCUT2D eigenvalue weighted by molar-refractivity contribution is -0.231. The third-order valence-corrected chi connectivity index (χ3v) is 9.65. The summed E-state index contributed by atoms with van der Waals surface area (Å²) in [5.41, 5.74) is 6.16. The van der Waals surface area contributed by atoms with E-state index in [9.17, 15) is 24.9 Å². The van der Waals surface area contributed by atoms with Crippen molar-refractivity contribution in [1.82, 2.24) is 10.2 Å². The zero-order valence-corrected chi connectivity index (χ0v) is 30.8. The minimum atomic E-state index is -1.42. The Hall–Kier alpha value is -1.26. The van der Waals surface area contributed by atoms with E-state index in [2.05, 4.69) is 19.2 Å². The number of nitrogens with zero attached hydrogens (tertiary/aromatic N) is 1. The number of carbonyl (C=O) groups excluding carboxylic acids is 2. The predicted molar refractivity (Wildman–Crippen MR) is 192 cm³/mol. The normalized spacial score (nSPS) is 22.0. The number of nitrogens with two attached hydrogens (primary N) is 1. The molecule has 0 unspecified atom stereocenters. The zero-order valence-electron chi connectivity index (χ0n) is 30.8. The van der Waals surface area contributed by atoms with E-state index in [1.807, 2.05) is 13.8 Å². The van der Waals surface area contributed by atoms with Crippen molar-refractivity contribution in [2.24, 2.45) is 11.7 Å². The molecule has 0 aliphatic carbocycles. The highest BCUT2D eigenvalue weighted by atomic mass is 16.5. The lowest BCUT2D eigenvalue weighted by Gasteiger charge is -2.47. The van der Waals surface area contributed by atoms with Gasteiger partial charge in [0.15, 0.2) is 6.23 Å². The minimum absolute atomic E-state index is 0.0899. The van der Waals surface area contributed by atoms with Gasteiger partial charge in [0.05, 0.1) is 12.6 Å². The molecule has 6 atom stereocenters. The molecular weight excluding hydrogens is 594 g/mol. The highest BCUT2D eigenvalue weighted by Crippen LogP contribution is 2.26. The van der Waals surface area contributed by atoms with Gasteiger partial charge in [0, 0.05) is 13.0 Å². The van der Waals surface area contributed by atoms with Crippen LogP contribution in [0, 0.1) is 5.92 Å².